The Kier molecular flexibility index (Phi) is 5.05. The van der Waals surface area contributed by atoms with Gasteiger partial charge in [0.1, 0.15) is 0 Å². The van der Waals surface area contributed by atoms with E-state index in [4.69, 9.17) is 0 Å². The monoisotopic (exact) mass is 288 g/mol. The molecule has 6 nitrogen and oxygen atoms in total. The van der Waals surface area contributed by atoms with Crippen LogP contribution in [-0.4, -0.2) is 21.0 Å². The standard InChI is InChI=1S/C15H20N4O2/c1-12(2)18-11-17-10-15(18)9-16-8-7-13-3-5-14(6-4-13)19(20)21/h3-6,10-12,16H,7-9H2,1-2H3. The van der Waals surface area contributed by atoms with Crippen LogP contribution in [-0.2, 0) is 13.0 Å². The molecule has 0 saturated carbocycles. The van der Waals surface area contributed by atoms with Gasteiger partial charge in [0.05, 0.1) is 16.9 Å². The van der Waals surface area contributed by atoms with E-state index in [1.54, 1.807) is 24.3 Å². The van der Waals surface area contributed by atoms with Gasteiger partial charge in [-0.25, -0.2) is 4.98 Å². The molecule has 0 radical (unpaired) electrons. The highest BCUT2D eigenvalue weighted by Gasteiger charge is 2.05. The number of aromatic nitrogens is 2. The number of imidazole rings is 1. The Morgan fingerprint density at radius 2 is 2.05 bits per heavy atom. The maximum Gasteiger partial charge on any atom is 0.269 e. The van der Waals surface area contributed by atoms with Crippen molar-refractivity contribution in [1.29, 1.82) is 0 Å². The van der Waals surface area contributed by atoms with Crippen LogP contribution in [0.5, 0.6) is 0 Å². The number of nitrogens with one attached hydrogen (secondary N) is 1. The fourth-order valence-electron chi connectivity index (χ4n) is 2.17. The number of nitro groups is 1. The average molecular weight is 288 g/mol. The third-order valence-corrected chi connectivity index (χ3v) is 3.35. The maximum atomic E-state index is 10.6. The number of nitro benzene ring substituents is 1. The fourth-order valence-corrected chi connectivity index (χ4v) is 2.17. The molecule has 6 heteroatoms. The average Bonchev–Trinajstić information content (AvgIpc) is 2.92. The van der Waals surface area contributed by atoms with Crippen molar-refractivity contribution in [3.63, 3.8) is 0 Å². The van der Waals surface area contributed by atoms with Crippen molar-refractivity contribution in [3.05, 3.63) is 58.2 Å². The van der Waals surface area contributed by atoms with Crippen LogP contribution in [0.4, 0.5) is 5.69 Å². The largest absolute Gasteiger partial charge is 0.331 e. The van der Waals surface area contributed by atoms with Crippen LogP contribution in [0.25, 0.3) is 0 Å². The van der Waals surface area contributed by atoms with Crippen molar-refractivity contribution in [3.8, 4) is 0 Å². The molecule has 21 heavy (non-hydrogen) atoms. The Labute approximate surface area is 124 Å². The lowest BCUT2D eigenvalue weighted by Crippen LogP contribution is -2.19. The highest BCUT2D eigenvalue weighted by Crippen LogP contribution is 2.12. The van der Waals surface area contributed by atoms with Crippen LogP contribution >= 0.6 is 0 Å². The van der Waals surface area contributed by atoms with E-state index in [-0.39, 0.29) is 10.6 Å². The lowest BCUT2D eigenvalue weighted by Gasteiger charge is -2.12. The van der Waals surface area contributed by atoms with Gasteiger partial charge in [-0.05, 0) is 32.4 Å². The number of hydrogen-bond donors (Lipinski definition) is 1. The molecular formula is C15H20N4O2. The van der Waals surface area contributed by atoms with Gasteiger partial charge in [-0.3, -0.25) is 10.1 Å². The Morgan fingerprint density at radius 3 is 2.67 bits per heavy atom. The number of nitrogens with zero attached hydrogens (tertiary/aromatic N) is 3. The van der Waals surface area contributed by atoms with Crippen LogP contribution in [0, 0.1) is 10.1 Å². The highest BCUT2D eigenvalue weighted by atomic mass is 16.6. The van der Waals surface area contributed by atoms with Crippen LogP contribution < -0.4 is 5.32 Å². The van der Waals surface area contributed by atoms with Crippen LogP contribution in [0.2, 0.25) is 0 Å². The summed E-state index contributed by atoms with van der Waals surface area (Å²) in [5.74, 6) is 0. The minimum absolute atomic E-state index is 0.132. The van der Waals surface area contributed by atoms with Crippen LogP contribution in [0.3, 0.4) is 0 Å². The molecule has 0 amide bonds. The fraction of sp³-hybridized carbons (Fsp3) is 0.400. The molecule has 2 rings (SSSR count). The van der Waals surface area contributed by atoms with Gasteiger partial charge in [0, 0.05) is 30.9 Å². The van der Waals surface area contributed by atoms with Crippen molar-refractivity contribution < 1.29 is 4.92 Å². The first-order chi connectivity index (χ1) is 10.1. The highest BCUT2D eigenvalue weighted by molar-refractivity contribution is 5.32. The van der Waals surface area contributed by atoms with Crippen molar-refractivity contribution in [2.24, 2.45) is 0 Å². The molecule has 0 unspecified atom stereocenters. The van der Waals surface area contributed by atoms with E-state index in [1.807, 2.05) is 12.5 Å². The zero-order valence-electron chi connectivity index (χ0n) is 12.3. The smallest absolute Gasteiger partial charge is 0.269 e. The van der Waals surface area contributed by atoms with E-state index in [9.17, 15) is 10.1 Å². The van der Waals surface area contributed by atoms with E-state index >= 15 is 0 Å². The topological polar surface area (TPSA) is 73.0 Å². The maximum absolute atomic E-state index is 10.6. The lowest BCUT2D eigenvalue weighted by molar-refractivity contribution is -0.384. The van der Waals surface area contributed by atoms with Crippen molar-refractivity contribution in [2.75, 3.05) is 6.54 Å². The van der Waals surface area contributed by atoms with Gasteiger partial charge in [0.2, 0.25) is 0 Å². The molecule has 112 valence electrons. The van der Waals surface area contributed by atoms with E-state index in [1.165, 1.54) is 0 Å². The summed E-state index contributed by atoms with van der Waals surface area (Å²) < 4.78 is 2.14. The van der Waals surface area contributed by atoms with Gasteiger partial charge in [-0.2, -0.15) is 0 Å². The Morgan fingerprint density at radius 1 is 1.33 bits per heavy atom. The van der Waals surface area contributed by atoms with Gasteiger partial charge in [-0.1, -0.05) is 12.1 Å². The van der Waals surface area contributed by atoms with Crippen LogP contribution in [0.15, 0.2) is 36.8 Å². The predicted molar refractivity (Wildman–Crippen MR) is 81.1 cm³/mol. The van der Waals surface area contributed by atoms with Gasteiger partial charge in [0.15, 0.2) is 0 Å². The molecule has 1 heterocycles. The molecule has 0 saturated heterocycles. The van der Waals surface area contributed by atoms with Crippen LogP contribution in [0.1, 0.15) is 31.1 Å². The molecule has 0 aliphatic carbocycles. The zero-order chi connectivity index (χ0) is 15.2. The number of benzene rings is 1. The third kappa shape index (κ3) is 4.13. The summed E-state index contributed by atoms with van der Waals surface area (Å²) in [6, 6.07) is 7.10. The summed E-state index contributed by atoms with van der Waals surface area (Å²) in [7, 11) is 0. The second-order valence-corrected chi connectivity index (χ2v) is 5.24. The molecule has 0 bridgehead atoms. The number of rotatable bonds is 7. The van der Waals surface area contributed by atoms with Crippen molar-refractivity contribution in [2.45, 2.75) is 32.9 Å². The third-order valence-electron chi connectivity index (χ3n) is 3.35. The molecule has 1 N–H and O–H groups in total. The Balaban J connectivity index is 1.79. The summed E-state index contributed by atoms with van der Waals surface area (Å²) in [5.41, 5.74) is 2.38. The molecule has 0 aliphatic heterocycles. The minimum atomic E-state index is -0.380. The molecular weight excluding hydrogens is 268 g/mol. The summed E-state index contributed by atoms with van der Waals surface area (Å²) >= 11 is 0. The van der Waals surface area contributed by atoms with Crippen molar-refractivity contribution >= 4 is 5.69 Å². The minimum Gasteiger partial charge on any atom is -0.331 e. The van der Waals surface area contributed by atoms with E-state index < -0.39 is 0 Å². The number of non-ortho nitro benzene ring substituents is 1. The normalized spacial score (nSPS) is 11.0. The second kappa shape index (κ2) is 6.99. The Hall–Kier alpha value is -2.21. The summed E-state index contributed by atoms with van der Waals surface area (Å²) in [6.07, 6.45) is 4.56. The molecule has 0 fully saturated rings. The zero-order valence-corrected chi connectivity index (χ0v) is 12.3. The molecule has 2 aromatic rings. The van der Waals surface area contributed by atoms with E-state index in [2.05, 4.69) is 28.7 Å². The molecule has 0 spiro atoms. The van der Waals surface area contributed by atoms with Gasteiger partial charge in [-0.15, -0.1) is 0 Å². The molecule has 0 aliphatic rings. The van der Waals surface area contributed by atoms with Gasteiger partial charge >= 0.3 is 0 Å². The first kappa shape index (κ1) is 15.2. The Bertz CT molecular complexity index is 590. The molecule has 1 aromatic carbocycles. The van der Waals surface area contributed by atoms with Gasteiger partial charge < -0.3 is 9.88 Å². The number of hydrogen-bond acceptors (Lipinski definition) is 4. The first-order valence-corrected chi connectivity index (χ1v) is 7.02. The van der Waals surface area contributed by atoms with E-state index in [0.717, 1.165) is 30.8 Å². The summed E-state index contributed by atoms with van der Waals surface area (Å²) in [5, 5.41) is 14.0. The molecule has 0 atom stereocenters. The summed E-state index contributed by atoms with van der Waals surface area (Å²) in [6.45, 7) is 5.84. The molecule has 1 aromatic heterocycles. The lowest BCUT2D eigenvalue weighted by atomic mass is 10.1. The van der Waals surface area contributed by atoms with Gasteiger partial charge in [0.25, 0.3) is 5.69 Å². The second-order valence-electron chi connectivity index (χ2n) is 5.24. The predicted octanol–water partition coefficient (Wildman–Crippen LogP) is 2.70. The van der Waals surface area contributed by atoms with E-state index in [0.29, 0.717) is 6.04 Å². The SMILES string of the molecule is CC(C)n1cncc1CNCCc1ccc([N+](=O)[O-])cc1. The first-order valence-electron chi connectivity index (χ1n) is 7.02. The quantitative estimate of drug-likeness (QED) is 0.483. The van der Waals surface area contributed by atoms with Crippen molar-refractivity contribution in [1.82, 2.24) is 14.9 Å². The summed E-state index contributed by atoms with van der Waals surface area (Å²) in [4.78, 5) is 14.4.